The Labute approximate surface area is 225 Å². The summed E-state index contributed by atoms with van der Waals surface area (Å²) in [6, 6.07) is 20.6. The Morgan fingerprint density at radius 3 is 2.45 bits per heavy atom. The fourth-order valence-electron chi connectivity index (χ4n) is 5.40. The zero-order valence-corrected chi connectivity index (χ0v) is 23.4. The molecular formula is C31H36N2O4S. The van der Waals surface area contributed by atoms with E-state index in [9.17, 15) is 13.2 Å². The molecule has 3 unspecified atom stereocenters. The molecular weight excluding hydrogens is 496 g/mol. The van der Waals surface area contributed by atoms with Crippen LogP contribution in [0.4, 0.5) is 11.4 Å². The van der Waals surface area contributed by atoms with Crippen LogP contribution in [0.1, 0.15) is 80.2 Å². The van der Waals surface area contributed by atoms with Crippen molar-refractivity contribution in [3.8, 4) is 0 Å². The average molecular weight is 533 g/mol. The predicted molar refractivity (Wildman–Crippen MR) is 151 cm³/mol. The number of benzene rings is 3. The standard InChI is InChI=1S/C31H36N2O4S/c1-19(2)29(34)21-11-9-20(10-12-21)28-25-15-16-37-30(25)26-18-24(13-14-27(26)32-28)38(35,36)33-23-8-6-7-22(17-23)31(3,4)5/h6-14,17-19,25,28,30,32-33H,15-16H2,1-5H3. The minimum absolute atomic E-state index is 0.0129. The fourth-order valence-corrected chi connectivity index (χ4v) is 6.48. The topological polar surface area (TPSA) is 84.5 Å². The van der Waals surface area contributed by atoms with Gasteiger partial charge in [-0.25, -0.2) is 8.42 Å². The van der Waals surface area contributed by atoms with E-state index in [-0.39, 0.29) is 40.1 Å². The van der Waals surface area contributed by atoms with E-state index in [0.717, 1.165) is 34.4 Å². The molecule has 6 nitrogen and oxygen atoms in total. The number of anilines is 2. The van der Waals surface area contributed by atoms with E-state index in [1.807, 2.05) is 62.4 Å². The highest BCUT2D eigenvalue weighted by Gasteiger charge is 2.42. The van der Waals surface area contributed by atoms with Gasteiger partial charge < -0.3 is 10.1 Å². The van der Waals surface area contributed by atoms with Crippen LogP contribution >= 0.6 is 0 Å². The molecule has 0 radical (unpaired) electrons. The van der Waals surface area contributed by atoms with Crippen LogP contribution in [0, 0.1) is 11.8 Å². The second-order valence-electron chi connectivity index (χ2n) is 11.7. The highest BCUT2D eigenvalue weighted by molar-refractivity contribution is 7.92. The Morgan fingerprint density at radius 2 is 1.76 bits per heavy atom. The summed E-state index contributed by atoms with van der Waals surface area (Å²) in [5.41, 5.74) is 5.05. The van der Waals surface area contributed by atoms with Crippen LogP contribution in [0.5, 0.6) is 0 Å². The predicted octanol–water partition coefficient (Wildman–Crippen LogP) is 6.87. The summed E-state index contributed by atoms with van der Waals surface area (Å²) in [5, 5.41) is 3.63. The fraction of sp³-hybridized carbons (Fsp3) is 0.387. The van der Waals surface area contributed by atoms with E-state index in [1.165, 1.54) is 0 Å². The first-order chi connectivity index (χ1) is 17.9. The molecule has 2 N–H and O–H groups in total. The van der Waals surface area contributed by atoms with E-state index < -0.39 is 10.0 Å². The highest BCUT2D eigenvalue weighted by atomic mass is 32.2. The second-order valence-corrected chi connectivity index (χ2v) is 13.4. The number of nitrogens with one attached hydrogen (secondary N) is 2. The van der Waals surface area contributed by atoms with Gasteiger partial charge in [0, 0.05) is 40.9 Å². The van der Waals surface area contributed by atoms with Crippen molar-refractivity contribution in [3.63, 3.8) is 0 Å². The van der Waals surface area contributed by atoms with E-state index in [0.29, 0.717) is 12.3 Å². The van der Waals surface area contributed by atoms with Crippen molar-refractivity contribution in [1.82, 2.24) is 0 Å². The molecule has 2 heterocycles. The van der Waals surface area contributed by atoms with Crippen LogP contribution in [0.3, 0.4) is 0 Å². The lowest BCUT2D eigenvalue weighted by Crippen LogP contribution is -2.29. The maximum absolute atomic E-state index is 13.4. The molecule has 3 atom stereocenters. The summed E-state index contributed by atoms with van der Waals surface area (Å²) in [4.78, 5) is 12.6. The number of hydrogen-bond donors (Lipinski definition) is 2. The molecule has 7 heteroatoms. The van der Waals surface area contributed by atoms with Crippen molar-refractivity contribution in [1.29, 1.82) is 0 Å². The molecule has 0 aromatic heterocycles. The number of ketones is 1. The molecule has 5 rings (SSSR count). The van der Waals surface area contributed by atoms with Gasteiger partial charge in [0.2, 0.25) is 0 Å². The number of hydrogen-bond acceptors (Lipinski definition) is 5. The first kappa shape index (κ1) is 26.4. The molecule has 3 aromatic carbocycles. The number of sulfonamides is 1. The highest BCUT2D eigenvalue weighted by Crippen LogP contribution is 2.50. The van der Waals surface area contributed by atoms with Crippen molar-refractivity contribution >= 4 is 27.2 Å². The zero-order valence-electron chi connectivity index (χ0n) is 22.6. The molecule has 3 aromatic rings. The van der Waals surface area contributed by atoms with Crippen LogP contribution in [0.25, 0.3) is 0 Å². The van der Waals surface area contributed by atoms with Gasteiger partial charge in [0.05, 0.1) is 17.0 Å². The molecule has 0 spiro atoms. The molecule has 0 bridgehead atoms. The Bertz CT molecular complexity index is 1460. The summed E-state index contributed by atoms with van der Waals surface area (Å²) in [7, 11) is -3.79. The van der Waals surface area contributed by atoms with Crippen molar-refractivity contribution in [2.45, 2.75) is 63.5 Å². The maximum atomic E-state index is 13.4. The molecule has 0 saturated carbocycles. The van der Waals surface area contributed by atoms with Gasteiger partial charge >= 0.3 is 0 Å². The first-order valence-electron chi connectivity index (χ1n) is 13.2. The molecule has 38 heavy (non-hydrogen) atoms. The van der Waals surface area contributed by atoms with Crippen LogP contribution < -0.4 is 10.0 Å². The molecule has 0 amide bonds. The van der Waals surface area contributed by atoms with Gasteiger partial charge in [-0.2, -0.15) is 0 Å². The Balaban J connectivity index is 1.42. The lowest BCUT2D eigenvalue weighted by molar-refractivity contribution is 0.0827. The quantitative estimate of drug-likeness (QED) is 0.339. The van der Waals surface area contributed by atoms with Crippen molar-refractivity contribution < 1.29 is 17.9 Å². The molecule has 2 aliphatic rings. The number of Topliss-reactive ketones (excluding diaryl/α,β-unsaturated/α-hetero) is 1. The first-order valence-corrected chi connectivity index (χ1v) is 14.7. The van der Waals surface area contributed by atoms with Crippen LogP contribution in [-0.4, -0.2) is 20.8 Å². The lowest BCUT2D eigenvalue weighted by atomic mass is 9.81. The van der Waals surface area contributed by atoms with Crippen LogP contribution in [-0.2, 0) is 20.2 Å². The molecule has 200 valence electrons. The summed E-state index contributed by atoms with van der Waals surface area (Å²) < 4.78 is 35.6. The van der Waals surface area contributed by atoms with E-state index in [2.05, 4.69) is 30.8 Å². The number of carbonyl (C=O) groups is 1. The van der Waals surface area contributed by atoms with Gasteiger partial charge in [-0.3, -0.25) is 9.52 Å². The van der Waals surface area contributed by atoms with Gasteiger partial charge in [0.1, 0.15) is 0 Å². The number of rotatable bonds is 6. The zero-order chi connectivity index (χ0) is 27.2. The second kappa shape index (κ2) is 9.86. The van der Waals surface area contributed by atoms with Crippen LogP contribution in [0.2, 0.25) is 0 Å². The molecule has 1 saturated heterocycles. The number of ether oxygens (including phenoxy) is 1. The Hall–Kier alpha value is -3.16. The minimum Gasteiger partial charge on any atom is -0.378 e. The molecule has 1 fully saturated rings. The van der Waals surface area contributed by atoms with Gasteiger partial charge in [-0.1, -0.05) is 71.0 Å². The van der Waals surface area contributed by atoms with Crippen LogP contribution in [0.15, 0.2) is 71.6 Å². The lowest BCUT2D eigenvalue weighted by Gasteiger charge is -2.36. The summed E-state index contributed by atoms with van der Waals surface area (Å²) >= 11 is 0. The Morgan fingerprint density at radius 1 is 1.03 bits per heavy atom. The molecule has 0 aliphatic carbocycles. The minimum atomic E-state index is -3.79. The number of fused-ring (bicyclic) bond motifs is 3. The largest absolute Gasteiger partial charge is 0.378 e. The van der Waals surface area contributed by atoms with E-state index in [4.69, 9.17) is 4.74 Å². The van der Waals surface area contributed by atoms with Gasteiger partial charge in [-0.05, 0) is 53.3 Å². The summed E-state index contributed by atoms with van der Waals surface area (Å²) in [5.74, 6) is 0.243. The van der Waals surface area contributed by atoms with Gasteiger partial charge in [-0.15, -0.1) is 0 Å². The monoisotopic (exact) mass is 532 g/mol. The smallest absolute Gasteiger partial charge is 0.261 e. The third kappa shape index (κ3) is 5.09. The van der Waals surface area contributed by atoms with E-state index in [1.54, 1.807) is 18.2 Å². The van der Waals surface area contributed by atoms with Crippen molar-refractivity contribution in [2.75, 3.05) is 16.6 Å². The average Bonchev–Trinajstić information content (AvgIpc) is 3.37. The van der Waals surface area contributed by atoms with E-state index >= 15 is 0 Å². The number of carbonyl (C=O) groups excluding carboxylic acids is 1. The van der Waals surface area contributed by atoms with Gasteiger partial charge in [0.25, 0.3) is 10.0 Å². The van der Waals surface area contributed by atoms with Gasteiger partial charge in [0.15, 0.2) is 5.78 Å². The summed E-state index contributed by atoms with van der Waals surface area (Å²) in [6.07, 6.45) is 0.663. The van der Waals surface area contributed by atoms with Crippen molar-refractivity contribution in [3.05, 3.63) is 89.0 Å². The third-order valence-corrected chi connectivity index (χ3v) is 8.95. The third-order valence-electron chi connectivity index (χ3n) is 7.58. The Kier molecular flexibility index (Phi) is 6.86. The summed E-state index contributed by atoms with van der Waals surface area (Å²) in [6.45, 7) is 10.7. The SMILES string of the molecule is CC(C)C(=O)c1ccc(C2Nc3ccc(S(=O)(=O)Nc4cccc(C(C)(C)C)c4)cc3C3OCCC23)cc1. The van der Waals surface area contributed by atoms with Crippen molar-refractivity contribution in [2.24, 2.45) is 11.8 Å². The molecule has 2 aliphatic heterocycles. The normalized spacial score (nSPS) is 20.9. The maximum Gasteiger partial charge on any atom is 0.261 e.